The van der Waals surface area contributed by atoms with Gasteiger partial charge in [-0.05, 0) is 24.3 Å². The number of rotatable bonds is 6. The number of Topliss-reactive ketones (excluding diaryl/α,β-unsaturated/α-hetero) is 1. The molecule has 3 aromatic rings. The molecule has 5 heteroatoms. The molecular weight excluding hydrogens is 302 g/mol. The summed E-state index contributed by atoms with van der Waals surface area (Å²) in [6.45, 7) is 0. The molecule has 120 valence electrons. The zero-order valence-corrected chi connectivity index (χ0v) is 13.1. The maximum Gasteiger partial charge on any atom is 0.224 e. The average molecular weight is 319 g/mol. The van der Waals surface area contributed by atoms with E-state index in [-0.39, 0.29) is 24.5 Å². The van der Waals surface area contributed by atoms with E-state index in [4.69, 9.17) is 0 Å². The number of ketones is 1. The molecule has 3 rings (SSSR count). The van der Waals surface area contributed by atoms with Crippen molar-refractivity contribution in [1.29, 1.82) is 0 Å². The van der Waals surface area contributed by atoms with Crippen LogP contribution < -0.4 is 5.32 Å². The first-order valence-corrected chi connectivity index (χ1v) is 7.69. The predicted octanol–water partition coefficient (Wildman–Crippen LogP) is 3.47. The van der Waals surface area contributed by atoms with Crippen LogP contribution in [-0.4, -0.2) is 21.2 Å². The lowest BCUT2D eigenvalue weighted by Gasteiger charge is -2.07. The van der Waals surface area contributed by atoms with E-state index in [1.54, 1.807) is 24.7 Å². The van der Waals surface area contributed by atoms with E-state index < -0.39 is 0 Å². The molecule has 1 amide bonds. The number of anilines is 1. The lowest BCUT2D eigenvalue weighted by atomic mass is 10.1. The molecule has 0 aliphatic rings. The molecule has 0 spiro atoms. The maximum absolute atomic E-state index is 12.0. The van der Waals surface area contributed by atoms with Gasteiger partial charge in [-0.2, -0.15) is 0 Å². The van der Waals surface area contributed by atoms with Crippen LogP contribution in [0.1, 0.15) is 23.2 Å². The smallest absolute Gasteiger partial charge is 0.224 e. The van der Waals surface area contributed by atoms with Crippen molar-refractivity contribution in [3.8, 4) is 5.69 Å². The van der Waals surface area contributed by atoms with Crippen molar-refractivity contribution in [2.45, 2.75) is 12.8 Å². The molecule has 5 nitrogen and oxygen atoms in total. The Kier molecular flexibility index (Phi) is 4.81. The molecule has 0 saturated carbocycles. The third kappa shape index (κ3) is 3.95. The number of imidazole rings is 1. The number of hydrogen-bond acceptors (Lipinski definition) is 3. The summed E-state index contributed by atoms with van der Waals surface area (Å²) in [6.07, 6.45) is 5.63. The number of nitrogens with one attached hydrogen (secondary N) is 1. The Morgan fingerprint density at radius 1 is 0.958 bits per heavy atom. The molecule has 24 heavy (non-hydrogen) atoms. The molecule has 2 aromatic carbocycles. The lowest BCUT2D eigenvalue weighted by molar-refractivity contribution is -0.116. The second-order valence-electron chi connectivity index (χ2n) is 5.35. The Balaban J connectivity index is 1.52. The molecule has 1 heterocycles. The van der Waals surface area contributed by atoms with Gasteiger partial charge in [0.05, 0.1) is 6.33 Å². The Labute approximate surface area is 140 Å². The molecule has 0 atom stereocenters. The van der Waals surface area contributed by atoms with Crippen LogP contribution in [0.25, 0.3) is 5.69 Å². The van der Waals surface area contributed by atoms with Gasteiger partial charge in [-0.25, -0.2) is 4.98 Å². The fourth-order valence-electron chi connectivity index (χ4n) is 2.35. The molecule has 0 aliphatic heterocycles. The van der Waals surface area contributed by atoms with Gasteiger partial charge in [0.2, 0.25) is 5.91 Å². The van der Waals surface area contributed by atoms with Crippen molar-refractivity contribution in [2.24, 2.45) is 0 Å². The number of aromatic nitrogens is 2. The topological polar surface area (TPSA) is 64.0 Å². The molecule has 1 N–H and O–H groups in total. The van der Waals surface area contributed by atoms with E-state index in [2.05, 4.69) is 10.3 Å². The zero-order valence-electron chi connectivity index (χ0n) is 13.1. The number of nitrogens with zero attached hydrogens (tertiary/aromatic N) is 2. The molecule has 0 radical (unpaired) electrons. The number of carbonyl (C=O) groups is 2. The van der Waals surface area contributed by atoms with Crippen LogP contribution in [0.2, 0.25) is 0 Å². The van der Waals surface area contributed by atoms with Gasteiger partial charge in [-0.15, -0.1) is 0 Å². The normalized spacial score (nSPS) is 10.3. The summed E-state index contributed by atoms with van der Waals surface area (Å²) in [6, 6.07) is 16.4. The number of amides is 1. The van der Waals surface area contributed by atoms with Crippen LogP contribution in [0.3, 0.4) is 0 Å². The van der Waals surface area contributed by atoms with Crippen molar-refractivity contribution in [2.75, 3.05) is 5.32 Å². The van der Waals surface area contributed by atoms with Crippen molar-refractivity contribution < 1.29 is 9.59 Å². The Bertz CT molecular complexity index is 810. The monoisotopic (exact) mass is 319 g/mol. The summed E-state index contributed by atoms with van der Waals surface area (Å²) in [7, 11) is 0. The molecule has 0 unspecified atom stereocenters. The SMILES string of the molecule is O=C(CCC(=O)c1ccccc1)Nc1ccc(-n2ccnc2)cc1. The lowest BCUT2D eigenvalue weighted by Crippen LogP contribution is -2.13. The predicted molar refractivity (Wildman–Crippen MR) is 92.2 cm³/mol. The molecule has 1 aromatic heterocycles. The molecule has 0 fully saturated rings. The van der Waals surface area contributed by atoms with E-state index in [1.165, 1.54) is 0 Å². The van der Waals surface area contributed by atoms with Crippen LogP contribution in [-0.2, 0) is 4.79 Å². The largest absolute Gasteiger partial charge is 0.326 e. The van der Waals surface area contributed by atoms with E-state index in [9.17, 15) is 9.59 Å². The summed E-state index contributed by atoms with van der Waals surface area (Å²) in [5.74, 6) is -0.198. The fourth-order valence-corrected chi connectivity index (χ4v) is 2.35. The first-order chi connectivity index (χ1) is 11.7. The summed E-state index contributed by atoms with van der Waals surface area (Å²) in [5, 5.41) is 2.81. The van der Waals surface area contributed by atoms with Crippen molar-refractivity contribution >= 4 is 17.4 Å². The summed E-state index contributed by atoms with van der Waals surface area (Å²) in [4.78, 5) is 28.0. The van der Waals surface area contributed by atoms with Crippen LogP contribution in [0.15, 0.2) is 73.3 Å². The standard InChI is InChI=1S/C19H17N3O2/c23-18(15-4-2-1-3-5-15)10-11-19(24)21-16-6-8-17(9-7-16)22-13-12-20-14-22/h1-9,12-14H,10-11H2,(H,21,24). The quantitative estimate of drug-likeness (QED) is 0.708. The van der Waals surface area contributed by atoms with E-state index >= 15 is 0 Å². The minimum Gasteiger partial charge on any atom is -0.326 e. The number of benzene rings is 2. The van der Waals surface area contributed by atoms with Gasteiger partial charge < -0.3 is 9.88 Å². The van der Waals surface area contributed by atoms with Gasteiger partial charge in [0, 0.05) is 42.2 Å². The number of hydrogen-bond donors (Lipinski definition) is 1. The molecule has 0 bridgehead atoms. The van der Waals surface area contributed by atoms with Gasteiger partial charge in [0.15, 0.2) is 5.78 Å². The minimum absolute atomic E-state index is 0.0267. The zero-order chi connectivity index (χ0) is 16.8. The highest BCUT2D eigenvalue weighted by atomic mass is 16.2. The van der Waals surface area contributed by atoms with Crippen LogP contribution >= 0.6 is 0 Å². The maximum atomic E-state index is 12.0. The van der Waals surface area contributed by atoms with Gasteiger partial charge in [0.1, 0.15) is 0 Å². The Hall–Kier alpha value is -3.21. The van der Waals surface area contributed by atoms with Gasteiger partial charge in [-0.1, -0.05) is 30.3 Å². The Morgan fingerprint density at radius 2 is 1.71 bits per heavy atom. The highest BCUT2D eigenvalue weighted by Crippen LogP contribution is 2.14. The molecule has 0 saturated heterocycles. The van der Waals surface area contributed by atoms with Crippen LogP contribution in [0, 0.1) is 0 Å². The van der Waals surface area contributed by atoms with E-state index in [0.717, 1.165) is 5.69 Å². The van der Waals surface area contributed by atoms with Crippen LogP contribution in [0.4, 0.5) is 5.69 Å². The van der Waals surface area contributed by atoms with Gasteiger partial charge >= 0.3 is 0 Å². The number of carbonyl (C=O) groups excluding carboxylic acids is 2. The van der Waals surface area contributed by atoms with Crippen molar-refractivity contribution in [1.82, 2.24) is 9.55 Å². The Morgan fingerprint density at radius 3 is 2.38 bits per heavy atom. The average Bonchev–Trinajstić information content (AvgIpc) is 3.16. The minimum atomic E-state index is -0.172. The highest BCUT2D eigenvalue weighted by molar-refractivity contribution is 5.99. The van der Waals surface area contributed by atoms with E-state index in [0.29, 0.717) is 11.3 Å². The summed E-state index contributed by atoms with van der Waals surface area (Å²) < 4.78 is 1.88. The fraction of sp³-hybridized carbons (Fsp3) is 0.105. The van der Waals surface area contributed by atoms with Crippen molar-refractivity contribution in [3.05, 3.63) is 78.9 Å². The van der Waals surface area contributed by atoms with E-state index in [1.807, 2.05) is 53.2 Å². The third-order valence-electron chi connectivity index (χ3n) is 3.63. The second-order valence-corrected chi connectivity index (χ2v) is 5.35. The van der Waals surface area contributed by atoms with Crippen molar-refractivity contribution in [3.63, 3.8) is 0 Å². The summed E-state index contributed by atoms with van der Waals surface area (Å²) >= 11 is 0. The first-order valence-electron chi connectivity index (χ1n) is 7.69. The third-order valence-corrected chi connectivity index (χ3v) is 3.63. The second kappa shape index (κ2) is 7.37. The molecule has 0 aliphatic carbocycles. The summed E-state index contributed by atoms with van der Waals surface area (Å²) in [5.41, 5.74) is 2.30. The van der Waals surface area contributed by atoms with Crippen LogP contribution in [0.5, 0.6) is 0 Å². The first kappa shape index (κ1) is 15.7. The van der Waals surface area contributed by atoms with Gasteiger partial charge in [0.25, 0.3) is 0 Å². The highest BCUT2D eigenvalue weighted by Gasteiger charge is 2.09. The van der Waals surface area contributed by atoms with Gasteiger partial charge in [-0.3, -0.25) is 9.59 Å². The molecular formula is C19H17N3O2.